The quantitative estimate of drug-likeness (QED) is 0.0534. The molecule has 4 amide bonds. The molecular weight excluding hydrogens is 819 g/mol. The van der Waals surface area contributed by atoms with E-state index >= 15 is 0 Å². The second kappa shape index (κ2) is 34.3. The number of aryl methyl sites for hydroxylation is 2. The lowest BCUT2D eigenvalue weighted by atomic mass is 9.91. The van der Waals surface area contributed by atoms with E-state index in [-0.39, 0.29) is 64.3 Å². The summed E-state index contributed by atoms with van der Waals surface area (Å²) in [5.74, 6) is -1.22. The van der Waals surface area contributed by atoms with E-state index in [4.69, 9.17) is 31.9 Å². The number of likely N-dealkylation sites (N-methyl/N-ethyl adjacent to an activating group) is 2. The Balaban J connectivity index is 0.00000225. The number of nitriles is 1. The molecule has 2 atom stereocenters. The zero-order valence-corrected chi connectivity index (χ0v) is 38.9. The fourth-order valence-corrected chi connectivity index (χ4v) is 6.07. The fourth-order valence-electron chi connectivity index (χ4n) is 6.07. The maximum atomic E-state index is 13.4. The molecule has 64 heavy (non-hydrogen) atoms. The third kappa shape index (κ3) is 20.8. The second-order valence-electron chi connectivity index (χ2n) is 13.9. The van der Waals surface area contributed by atoms with Crippen molar-refractivity contribution in [3.8, 4) is 28.7 Å². The van der Waals surface area contributed by atoms with Crippen LogP contribution in [-0.4, -0.2) is 114 Å². The summed E-state index contributed by atoms with van der Waals surface area (Å²) >= 11 is 0. The van der Waals surface area contributed by atoms with Crippen LogP contribution in [0, 0.1) is 31.1 Å². The molecule has 0 saturated carbocycles. The fraction of sp³-hybridized carbons (Fsp3) is 0.468. The molecule has 0 aliphatic heterocycles. The normalized spacial score (nSPS) is 10.8. The van der Waals surface area contributed by atoms with E-state index in [1.165, 1.54) is 17.5 Å². The van der Waals surface area contributed by atoms with Crippen molar-refractivity contribution in [2.45, 2.75) is 66.8 Å². The monoisotopic (exact) mass is 890 g/mol. The Morgan fingerprint density at radius 1 is 0.828 bits per heavy atom. The van der Waals surface area contributed by atoms with Gasteiger partial charge in [0.25, 0.3) is 0 Å². The minimum atomic E-state index is -1.09. The van der Waals surface area contributed by atoms with Gasteiger partial charge in [0.05, 0.1) is 25.7 Å². The highest BCUT2D eigenvalue weighted by Gasteiger charge is 2.30. The van der Waals surface area contributed by atoms with Crippen LogP contribution in [0.5, 0.6) is 11.5 Å². The van der Waals surface area contributed by atoms with Crippen LogP contribution in [0.1, 0.15) is 79.2 Å². The predicted octanol–water partition coefficient (Wildman–Crippen LogP) is 2.88. The summed E-state index contributed by atoms with van der Waals surface area (Å²) in [5, 5.41) is 19.1. The van der Waals surface area contributed by atoms with E-state index < -0.39 is 23.8 Å². The Hall–Kier alpha value is -6.19. The number of nitrogens with one attached hydrogen (secondary N) is 4. The molecule has 0 aliphatic rings. The standard InChI is InChI=1S/C34H48N8O7.C9H10O.C2H7N.C2H6/c1-4-5-25(33(46)41-21-30(44)39-13-10-35)18-23-6-8-28(48-16-11-36)26(19-23)27-20-24(7-9-29(27)49-17-12-37)32(34(47)40-14-15-43)42(3)31(45)22-38-2;1-7-3-4-9(6-10)8(2)5-7;1-2-3;1-2/h6-9,15,19-20,25,32,38H,4-5,11-14,16-18,21-22,36-37H2,1-3H3,(H,39,44)(H,40,47)(H,41,46);3-6H,1-2H3;2-3H2,1H3;1-2H3. The molecule has 0 aromatic heterocycles. The molecule has 10 N–H and O–H groups in total. The Morgan fingerprint density at radius 2 is 1.44 bits per heavy atom. The molecule has 0 heterocycles. The lowest BCUT2D eigenvalue weighted by Crippen LogP contribution is -2.44. The molecule has 0 fully saturated rings. The topological polar surface area (TPSA) is 274 Å². The highest BCUT2D eigenvalue weighted by atomic mass is 16.5. The summed E-state index contributed by atoms with van der Waals surface area (Å²) in [6, 6.07) is 17.1. The van der Waals surface area contributed by atoms with Gasteiger partial charge in [0.15, 0.2) is 0 Å². The number of carbonyl (C=O) groups excluding carboxylic acids is 6. The van der Waals surface area contributed by atoms with Crippen LogP contribution in [0.4, 0.5) is 0 Å². The van der Waals surface area contributed by atoms with Crippen LogP contribution >= 0.6 is 0 Å². The maximum Gasteiger partial charge on any atom is 0.247 e. The van der Waals surface area contributed by atoms with Crippen molar-refractivity contribution in [2.24, 2.45) is 23.1 Å². The molecule has 3 rings (SSSR count). The van der Waals surface area contributed by atoms with Crippen molar-refractivity contribution in [1.29, 1.82) is 5.26 Å². The first-order valence-corrected chi connectivity index (χ1v) is 21.5. The van der Waals surface area contributed by atoms with Crippen molar-refractivity contribution in [2.75, 3.05) is 73.1 Å². The Morgan fingerprint density at radius 3 is 1.97 bits per heavy atom. The first-order valence-electron chi connectivity index (χ1n) is 21.5. The summed E-state index contributed by atoms with van der Waals surface area (Å²) in [5.41, 5.74) is 21.7. The van der Waals surface area contributed by atoms with E-state index in [1.807, 2.05) is 77.9 Å². The summed E-state index contributed by atoms with van der Waals surface area (Å²) in [6.45, 7) is 12.8. The Labute approximate surface area is 379 Å². The zero-order chi connectivity index (χ0) is 48.5. The lowest BCUT2D eigenvalue weighted by Gasteiger charge is -2.28. The van der Waals surface area contributed by atoms with E-state index in [2.05, 4.69) is 21.3 Å². The number of hydrogen-bond donors (Lipinski definition) is 7. The van der Waals surface area contributed by atoms with E-state index in [9.17, 15) is 28.8 Å². The SMILES string of the molecule is CC.CCCC(Cc1ccc(OCCN)c(-c2cc(C(C(=O)NCC=O)N(C)C(=O)CNC)ccc2OCCN)c1)C(=O)NCC(=O)NCC#N.CCN.Cc1ccc(C=O)c(C)c1. The van der Waals surface area contributed by atoms with Crippen molar-refractivity contribution >= 4 is 36.2 Å². The van der Waals surface area contributed by atoms with Crippen molar-refractivity contribution in [1.82, 2.24) is 26.2 Å². The molecule has 17 nitrogen and oxygen atoms in total. The molecule has 0 aliphatic carbocycles. The molecule has 0 radical (unpaired) electrons. The van der Waals surface area contributed by atoms with Crippen molar-refractivity contribution in [3.63, 3.8) is 0 Å². The van der Waals surface area contributed by atoms with Crippen LogP contribution < -0.4 is 47.9 Å². The average molecular weight is 890 g/mol. The molecule has 3 aromatic rings. The molecule has 0 bridgehead atoms. The summed E-state index contributed by atoms with van der Waals surface area (Å²) < 4.78 is 12.1. The highest BCUT2D eigenvalue weighted by Crippen LogP contribution is 2.40. The number of benzene rings is 3. The van der Waals surface area contributed by atoms with Crippen LogP contribution in [0.3, 0.4) is 0 Å². The number of ether oxygens (including phenoxy) is 2. The first-order chi connectivity index (χ1) is 30.8. The number of rotatable bonds is 23. The predicted molar refractivity (Wildman–Crippen MR) is 251 cm³/mol. The van der Waals surface area contributed by atoms with Gasteiger partial charge in [0, 0.05) is 42.7 Å². The first kappa shape index (κ1) is 57.8. The number of aldehydes is 2. The van der Waals surface area contributed by atoms with E-state index in [0.717, 1.165) is 35.9 Å². The van der Waals surface area contributed by atoms with Gasteiger partial charge >= 0.3 is 0 Å². The number of hydrogen-bond acceptors (Lipinski definition) is 13. The van der Waals surface area contributed by atoms with E-state index in [0.29, 0.717) is 47.3 Å². The minimum absolute atomic E-state index is 0.0192. The van der Waals surface area contributed by atoms with Crippen LogP contribution in [0.2, 0.25) is 0 Å². The summed E-state index contributed by atoms with van der Waals surface area (Å²) in [6.07, 6.45) is 3.05. The molecule has 3 aromatic carbocycles. The molecule has 0 spiro atoms. The van der Waals surface area contributed by atoms with Crippen LogP contribution in [0.25, 0.3) is 11.1 Å². The van der Waals surface area contributed by atoms with Crippen LogP contribution in [-0.2, 0) is 30.4 Å². The molecular formula is C47H71N9O8. The van der Waals surface area contributed by atoms with Crippen molar-refractivity contribution in [3.05, 3.63) is 82.4 Å². The molecule has 352 valence electrons. The van der Waals surface area contributed by atoms with Gasteiger partial charge < -0.3 is 57.6 Å². The zero-order valence-electron chi connectivity index (χ0n) is 38.9. The number of carbonyl (C=O) groups is 6. The third-order valence-corrected chi connectivity index (χ3v) is 8.95. The average Bonchev–Trinajstić information content (AvgIpc) is 3.29. The highest BCUT2D eigenvalue weighted by molar-refractivity contribution is 5.91. The molecule has 17 heteroatoms. The largest absolute Gasteiger partial charge is 0.492 e. The third-order valence-electron chi connectivity index (χ3n) is 8.95. The molecule has 0 saturated heterocycles. The van der Waals surface area contributed by atoms with Crippen molar-refractivity contribution < 1.29 is 38.2 Å². The van der Waals surface area contributed by atoms with Gasteiger partial charge in [0.1, 0.15) is 49.9 Å². The smallest absolute Gasteiger partial charge is 0.247 e. The second-order valence-corrected chi connectivity index (χ2v) is 13.9. The van der Waals surface area contributed by atoms with Gasteiger partial charge in [0.2, 0.25) is 23.6 Å². The van der Waals surface area contributed by atoms with Gasteiger partial charge in [-0.15, -0.1) is 0 Å². The number of amides is 4. The minimum Gasteiger partial charge on any atom is -0.492 e. The lowest BCUT2D eigenvalue weighted by molar-refractivity contribution is -0.138. The number of nitrogens with two attached hydrogens (primary N) is 3. The van der Waals surface area contributed by atoms with Crippen LogP contribution in [0.15, 0.2) is 54.6 Å². The van der Waals surface area contributed by atoms with Gasteiger partial charge in [-0.05, 0) is 81.2 Å². The molecule has 2 unspecified atom stereocenters. The van der Waals surface area contributed by atoms with Gasteiger partial charge in [-0.2, -0.15) is 5.26 Å². The maximum absolute atomic E-state index is 13.4. The van der Waals surface area contributed by atoms with Gasteiger partial charge in [-0.1, -0.05) is 70.0 Å². The number of nitrogens with zero attached hydrogens (tertiary/aromatic N) is 2. The summed E-state index contributed by atoms with van der Waals surface area (Å²) in [4.78, 5) is 74.1. The summed E-state index contributed by atoms with van der Waals surface area (Å²) in [7, 11) is 3.12. The van der Waals surface area contributed by atoms with Gasteiger partial charge in [-0.25, -0.2) is 0 Å². The Bertz CT molecular complexity index is 1940. The Kier molecular flexibility index (Phi) is 31.0. The van der Waals surface area contributed by atoms with Gasteiger partial charge in [-0.3, -0.25) is 24.0 Å². The van der Waals surface area contributed by atoms with E-state index in [1.54, 1.807) is 31.3 Å².